The van der Waals surface area contributed by atoms with Crippen molar-refractivity contribution in [1.29, 1.82) is 0 Å². The lowest BCUT2D eigenvalue weighted by Gasteiger charge is -2.31. The molecule has 0 saturated carbocycles. The van der Waals surface area contributed by atoms with Crippen molar-refractivity contribution in [2.24, 2.45) is 5.92 Å². The summed E-state index contributed by atoms with van der Waals surface area (Å²) in [4.78, 5) is 11.2. The molecule has 1 aromatic rings. The van der Waals surface area contributed by atoms with Gasteiger partial charge in [0.2, 0.25) is 0 Å². The summed E-state index contributed by atoms with van der Waals surface area (Å²) in [5, 5.41) is 0. The van der Waals surface area contributed by atoms with Crippen LogP contribution in [0.5, 0.6) is 0 Å². The van der Waals surface area contributed by atoms with Crippen molar-refractivity contribution >= 4 is 5.97 Å². The molecule has 2 nitrogen and oxygen atoms in total. The van der Waals surface area contributed by atoms with Crippen LogP contribution in [0.4, 0.5) is 0 Å². The fourth-order valence-electron chi connectivity index (χ4n) is 2.85. The number of benzene rings is 1. The molecule has 0 unspecified atom stereocenters. The van der Waals surface area contributed by atoms with Crippen molar-refractivity contribution in [3.05, 3.63) is 47.5 Å². The molecular weight excluding hydrogens is 200 g/mol. The van der Waals surface area contributed by atoms with Gasteiger partial charge in [-0.25, -0.2) is 0 Å². The smallest absolute Gasteiger partial charge is 0.303 e. The van der Waals surface area contributed by atoms with Gasteiger partial charge in [-0.1, -0.05) is 36.4 Å². The molecule has 0 spiro atoms. The zero-order valence-electron chi connectivity index (χ0n) is 9.22. The van der Waals surface area contributed by atoms with E-state index in [1.807, 2.05) is 6.07 Å². The molecule has 3 rings (SSSR count). The predicted molar refractivity (Wildman–Crippen MR) is 60.9 cm³/mol. The Morgan fingerprint density at radius 2 is 2.00 bits per heavy atom. The first kappa shape index (κ1) is 9.64. The van der Waals surface area contributed by atoms with Crippen molar-refractivity contribution in [2.75, 3.05) is 0 Å². The highest BCUT2D eigenvalue weighted by atomic mass is 16.5. The molecule has 0 heterocycles. The van der Waals surface area contributed by atoms with Crippen LogP contribution in [0.25, 0.3) is 0 Å². The topological polar surface area (TPSA) is 26.3 Å². The molecular formula is C14H14O2. The van der Waals surface area contributed by atoms with Crippen LogP contribution >= 0.6 is 0 Å². The molecule has 0 radical (unpaired) electrons. The van der Waals surface area contributed by atoms with E-state index < -0.39 is 0 Å². The maximum absolute atomic E-state index is 11.2. The number of hydrogen-bond donors (Lipinski definition) is 0. The van der Waals surface area contributed by atoms with Crippen molar-refractivity contribution in [1.82, 2.24) is 0 Å². The van der Waals surface area contributed by atoms with Gasteiger partial charge in [-0.3, -0.25) is 4.79 Å². The average Bonchev–Trinajstić information content (AvgIpc) is 2.70. The fraction of sp³-hybridized carbons (Fsp3) is 0.357. The Kier molecular flexibility index (Phi) is 2.10. The summed E-state index contributed by atoms with van der Waals surface area (Å²) in [6, 6.07) is 8.29. The Morgan fingerprint density at radius 3 is 2.75 bits per heavy atom. The lowest BCUT2D eigenvalue weighted by Crippen LogP contribution is -2.22. The van der Waals surface area contributed by atoms with Crippen LogP contribution in [-0.2, 0) is 9.53 Å². The van der Waals surface area contributed by atoms with Crippen LogP contribution in [0.15, 0.2) is 36.4 Å². The van der Waals surface area contributed by atoms with E-state index in [2.05, 4.69) is 30.4 Å². The van der Waals surface area contributed by atoms with Gasteiger partial charge >= 0.3 is 5.97 Å². The summed E-state index contributed by atoms with van der Waals surface area (Å²) in [5.41, 5.74) is 2.50. The van der Waals surface area contributed by atoms with Gasteiger partial charge in [0, 0.05) is 18.8 Å². The second kappa shape index (κ2) is 3.48. The first-order valence-corrected chi connectivity index (χ1v) is 5.70. The third-order valence-corrected chi connectivity index (χ3v) is 3.50. The average molecular weight is 214 g/mol. The van der Waals surface area contributed by atoms with Crippen LogP contribution in [0, 0.1) is 5.92 Å². The highest BCUT2D eigenvalue weighted by molar-refractivity contribution is 5.66. The third kappa shape index (κ3) is 1.37. The largest absolute Gasteiger partial charge is 0.457 e. The van der Waals surface area contributed by atoms with Gasteiger partial charge < -0.3 is 4.74 Å². The molecule has 2 bridgehead atoms. The number of ether oxygens (including phenoxy) is 1. The van der Waals surface area contributed by atoms with Crippen molar-refractivity contribution in [3.63, 3.8) is 0 Å². The fourth-order valence-corrected chi connectivity index (χ4v) is 2.85. The number of carbonyl (C=O) groups is 1. The maximum Gasteiger partial charge on any atom is 0.303 e. The second-order valence-corrected chi connectivity index (χ2v) is 4.55. The Morgan fingerprint density at radius 1 is 1.25 bits per heavy atom. The summed E-state index contributed by atoms with van der Waals surface area (Å²) in [6.07, 6.45) is 5.43. The number of esters is 1. The monoisotopic (exact) mass is 214 g/mol. The van der Waals surface area contributed by atoms with E-state index >= 15 is 0 Å². The van der Waals surface area contributed by atoms with E-state index in [9.17, 15) is 4.79 Å². The third-order valence-electron chi connectivity index (χ3n) is 3.50. The molecule has 0 aromatic heterocycles. The Balaban J connectivity index is 2.06. The highest BCUT2D eigenvalue weighted by Crippen LogP contribution is 2.48. The minimum atomic E-state index is -0.196. The summed E-state index contributed by atoms with van der Waals surface area (Å²) in [5.74, 6) is 0.690. The highest BCUT2D eigenvalue weighted by Gasteiger charge is 2.37. The van der Waals surface area contributed by atoms with Crippen LogP contribution in [0.3, 0.4) is 0 Å². The molecule has 2 heteroatoms. The maximum atomic E-state index is 11.2. The van der Waals surface area contributed by atoms with Gasteiger partial charge in [-0.2, -0.15) is 0 Å². The molecule has 0 amide bonds. The summed E-state index contributed by atoms with van der Waals surface area (Å²) < 4.78 is 5.46. The number of carbonyl (C=O) groups excluding carboxylic acids is 1. The van der Waals surface area contributed by atoms with E-state index in [1.165, 1.54) is 18.1 Å². The van der Waals surface area contributed by atoms with Crippen molar-refractivity contribution < 1.29 is 9.53 Å². The normalized spacial score (nSPS) is 29.9. The van der Waals surface area contributed by atoms with Gasteiger partial charge in [0.05, 0.1) is 0 Å². The minimum Gasteiger partial charge on any atom is -0.457 e. The summed E-state index contributed by atoms with van der Waals surface area (Å²) >= 11 is 0. The van der Waals surface area contributed by atoms with E-state index in [0.717, 1.165) is 6.42 Å². The van der Waals surface area contributed by atoms with E-state index in [0.29, 0.717) is 11.8 Å². The quantitative estimate of drug-likeness (QED) is 0.530. The van der Waals surface area contributed by atoms with Crippen molar-refractivity contribution in [3.8, 4) is 0 Å². The Bertz CT molecular complexity index is 462. The molecule has 1 aromatic carbocycles. The standard InChI is InChI=1S/C14H14O2/c1-9(15)16-14-11-7-6-10(8-11)12-4-2-3-5-13(12)14/h2-7,10-11,14H,8H2,1H3/t10-,11+,14-/m1/s1. The van der Waals surface area contributed by atoms with Gasteiger partial charge in [0.15, 0.2) is 0 Å². The van der Waals surface area contributed by atoms with Crippen LogP contribution < -0.4 is 0 Å². The molecule has 3 atom stereocenters. The SMILES string of the molecule is CC(=O)O[C@H]1c2ccccc2[C@@H]2C=C[C@H]1C2. The predicted octanol–water partition coefficient (Wildman–Crippen LogP) is 2.96. The van der Waals surface area contributed by atoms with Gasteiger partial charge in [0.1, 0.15) is 6.10 Å². The summed E-state index contributed by atoms with van der Waals surface area (Å²) in [6.45, 7) is 1.48. The minimum absolute atomic E-state index is 0.0799. The van der Waals surface area contributed by atoms with Gasteiger partial charge in [0.25, 0.3) is 0 Å². The Labute approximate surface area is 94.9 Å². The lowest BCUT2D eigenvalue weighted by atomic mass is 9.80. The molecule has 82 valence electrons. The Hall–Kier alpha value is -1.57. The van der Waals surface area contributed by atoms with Crippen LogP contribution in [0.1, 0.15) is 36.5 Å². The van der Waals surface area contributed by atoms with Gasteiger partial charge in [-0.15, -0.1) is 0 Å². The van der Waals surface area contributed by atoms with E-state index in [4.69, 9.17) is 4.74 Å². The van der Waals surface area contributed by atoms with Crippen LogP contribution in [-0.4, -0.2) is 5.97 Å². The molecule has 0 N–H and O–H groups in total. The molecule has 0 saturated heterocycles. The first-order valence-electron chi connectivity index (χ1n) is 5.70. The zero-order valence-corrected chi connectivity index (χ0v) is 9.22. The summed E-state index contributed by atoms with van der Waals surface area (Å²) in [7, 11) is 0. The molecule has 0 fully saturated rings. The van der Waals surface area contributed by atoms with Gasteiger partial charge in [-0.05, 0) is 17.5 Å². The second-order valence-electron chi connectivity index (χ2n) is 4.55. The zero-order chi connectivity index (χ0) is 11.1. The molecule has 16 heavy (non-hydrogen) atoms. The number of rotatable bonds is 1. The van der Waals surface area contributed by atoms with E-state index in [1.54, 1.807) is 0 Å². The number of allylic oxidation sites excluding steroid dienone is 1. The number of hydrogen-bond acceptors (Lipinski definition) is 2. The molecule has 2 aliphatic carbocycles. The number of fused-ring (bicyclic) bond motifs is 4. The molecule has 2 aliphatic rings. The van der Waals surface area contributed by atoms with E-state index in [-0.39, 0.29) is 12.1 Å². The molecule has 0 aliphatic heterocycles. The van der Waals surface area contributed by atoms with Crippen molar-refractivity contribution in [2.45, 2.75) is 25.4 Å². The lowest BCUT2D eigenvalue weighted by molar-refractivity contribution is -0.149. The first-order chi connectivity index (χ1) is 7.75. The van der Waals surface area contributed by atoms with Crippen LogP contribution in [0.2, 0.25) is 0 Å².